The smallest absolute Gasteiger partial charge is 1.00 e. The number of fused-ring (bicyclic) bond motifs is 1. The molecule has 0 amide bonds. The first-order chi connectivity index (χ1) is 7.97. The predicted molar refractivity (Wildman–Crippen MR) is 51.6 cm³/mol. The second-order valence-corrected chi connectivity index (χ2v) is 3.19. The van der Waals surface area contributed by atoms with Gasteiger partial charge in [-0.15, -0.1) is 0 Å². The maximum Gasteiger partial charge on any atom is 1.00 e. The van der Waals surface area contributed by atoms with Crippen LogP contribution in [0, 0.1) is 22.7 Å². The second-order valence-electron chi connectivity index (χ2n) is 3.19. The van der Waals surface area contributed by atoms with Gasteiger partial charge in [-0.1, -0.05) is 0 Å². The number of hydrogen-bond donors (Lipinski definition) is 1. The van der Waals surface area contributed by atoms with Gasteiger partial charge in [0.2, 0.25) is 5.82 Å². The molecular weight excluding hydrogens is 240 g/mol. The zero-order valence-corrected chi connectivity index (χ0v) is 9.13. The molecule has 0 aliphatic heterocycles. The zero-order valence-electron chi connectivity index (χ0n) is 10.1. The summed E-state index contributed by atoms with van der Waals surface area (Å²) in [7, 11) is 0. The molecule has 0 saturated carbocycles. The van der Waals surface area contributed by atoms with Crippen molar-refractivity contribution in [3.8, 4) is 12.1 Å². The molecule has 1 aromatic heterocycles. The molecule has 1 aromatic carbocycles. The fourth-order valence-electron chi connectivity index (χ4n) is 1.41. The molecule has 8 heteroatoms. The Morgan fingerprint density at radius 3 is 2.22 bits per heavy atom. The number of benzene rings is 1. The number of H-pyrrole nitrogens is 1. The first-order valence-corrected chi connectivity index (χ1v) is 4.37. The van der Waals surface area contributed by atoms with Crippen molar-refractivity contribution in [2.45, 2.75) is 6.18 Å². The monoisotopic (exact) mass is 244 g/mol. The van der Waals surface area contributed by atoms with E-state index in [9.17, 15) is 13.2 Å². The number of nitriles is 2. The number of alkyl halides is 3. The molecule has 86 valence electrons. The standard InChI is InChI=1S/C10H3F3N4.Li.H/c11-10(12,13)9-16-7-5(3-14)1-2-6(4-15)8(7)17-9;;/h1-2H,(H,16,17);;/q;+1;-1. The average Bonchev–Trinajstić information content (AvgIpc) is 2.72. The fourth-order valence-corrected chi connectivity index (χ4v) is 1.41. The van der Waals surface area contributed by atoms with E-state index in [2.05, 4.69) is 4.98 Å². The van der Waals surface area contributed by atoms with Gasteiger partial charge in [-0.05, 0) is 12.1 Å². The maximum atomic E-state index is 12.4. The van der Waals surface area contributed by atoms with Crippen LogP contribution >= 0.6 is 0 Å². The molecule has 0 radical (unpaired) electrons. The van der Waals surface area contributed by atoms with Gasteiger partial charge in [0.25, 0.3) is 0 Å². The average molecular weight is 244 g/mol. The summed E-state index contributed by atoms with van der Waals surface area (Å²) < 4.78 is 37.3. The van der Waals surface area contributed by atoms with Gasteiger partial charge in [-0.3, -0.25) is 0 Å². The topological polar surface area (TPSA) is 76.3 Å². The van der Waals surface area contributed by atoms with Crippen LogP contribution in [0.25, 0.3) is 11.0 Å². The van der Waals surface area contributed by atoms with Gasteiger partial charge in [0.05, 0.1) is 16.6 Å². The van der Waals surface area contributed by atoms with E-state index >= 15 is 0 Å². The van der Waals surface area contributed by atoms with E-state index in [-0.39, 0.29) is 42.4 Å². The Morgan fingerprint density at radius 2 is 1.72 bits per heavy atom. The number of imidazole rings is 1. The Kier molecular flexibility index (Phi) is 3.72. The number of halogens is 3. The van der Waals surface area contributed by atoms with Crippen molar-refractivity contribution in [2.75, 3.05) is 0 Å². The van der Waals surface area contributed by atoms with E-state index in [1.807, 2.05) is 4.98 Å². The van der Waals surface area contributed by atoms with Crippen molar-refractivity contribution in [3.63, 3.8) is 0 Å². The Balaban J connectivity index is 0.00000162. The molecule has 0 fully saturated rings. The van der Waals surface area contributed by atoms with Crippen LogP contribution in [0.15, 0.2) is 12.1 Å². The van der Waals surface area contributed by atoms with E-state index < -0.39 is 12.0 Å². The summed E-state index contributed by atoms with van der Waals surface area (Å²) >= 11 is 0. The van der Waals surface area contributed by atoms with E-state index in [4.69, 9.17) is 10.5 Å². The van der Waals surface area contributed by atoms with Crippen LogP contribution in [-0.4, -0.2) is 9.97 Å². The van der Waals surface area contributed by atoms with Crippen molar-refractivity contribution in [2.24, 2.45) is 0 Å². The maximum absolute atomic E-state index is 12.4. The Bertz CT molecular complexity index is 630. The molecule has 0 aliphatic carbocycles. The Morgan fingerprint density at radius 1 is 1.17 bits per heavy atom. The molecule has 2 rings (SSSR count). The van der Waals surface area contributed by atoms with Crippen molar-refractivity contribution in [3.05, 3.63) is 29.1 Å². The third kappa shape index (κ3) is 2.19. The molecule has 0 bridgehead atoms. The van der Waals surface area contributed by atoms with Gasteiger partial charge in [-0.2, -0.15) is 23.7 Å². The molecule has 0 spiro atoms. The number of hydrogen-bond acceptors (Lipinski definition) is 3. The quantitative estimate of drug-likeness (QED) is 0.631. The van der Waals surface area contributed by atoms with Crippen LogP contribution in [0.1, 0.15) is 18.4 Å². The molecule has 1 heterocycles. The van der Waals surface area contributed by atoms with Crippen LogP contribution in [0.4, 0.5) is 13.2 Å². The molecule has 4 nitrogen and oxygen atoms in total. The first-order valence-electron chi connectivity index (χ1n) is 4.37. The largest absolute Gasteiger partial charge is 1.00 e. The third-order valence-corrected chi connectivity index (χ3v) is 2.15. The second kappa shape index (κ2) is 4.74. The summed E-state index contributed by atoms with van der Waals surface area (Å²) in [4.78, 5) is 5.33. The molecule has 2 aromatic rings. The minimum absolute atomic E-state index is 0. The summed E-state index contributed by atoms with van der Waals surface area (Å²) in [6, 6.07) is 6.01. The SMILES string of the molecule is N#Cc1ccc(C#N)c2[nH]c(C(F)(F)F)nc12.[H-].[Li+]. The predicted octanol–water partition coefficient (Wildman–Crippen LogP) is -0.558. The van der Waals surface area contributed by atoms with Gasteiger partial charge >= 0.3 is 25.0 Å². The minimum atomic E-state index is -4.64. The molecule has 1 N–H and O–H groups in total. The number of nitrogens with zero attached hydrogens (tertiary/aromatic N) is 3. The summed E-state index contributed by atoms with van der Waals surface area (Å²) in [5.74, 6) is -1.22. The number of nitrogens with one attached hydrogen (secondary N) is 1. The van der Waals surface area contributed by atoms with Crippen LogP contribution in [0.2, 0.25) is 0 Å². The first kappa shape index (κ1) is 14.1. The van der Waals surface area contributed by atoms with Gasteiger partial charge in [0.1, 0.15) is 17.7 Å². The Labute approximate surface area is 113 Å². The van der Waals surface area contributed by atoms with Gasteiger partial charge in [0.15, 0.2) is 0 Å². The molecular formula is C10H4F3LiN4. The summed E-state index contributed by atoms with van der Waals surface area (Å²) in [6.45, 7) is 0. The number of rotatable bonds is 0. The number of aromatic amines is 1. The van der Waals surface area contributed by atoms with E-state index in [0.717, 1.165) is 0 Å². The van der Waals surface area contributed by atoms with Crippen LogP contribution in [-0.2, 0) is 6.18 Å². The minimum Gasteiger partial charge on any atom is -1.00 e. The number of aromatic nitrogens is 2. The van der Waals surface area contributed by atoms with Gasteiger partial charge in [-0.25, -0.2) is 4.98 Å². The van der Waals surface area contributed by atoms with Gasteiger partial charge < -0.3 is 6.41 Å². The van der Waals surface area contributed by atoms with Crippen LogP contribution in [0.3, 0.4) is 0 Å². The van der Waals surface area contributed by atoms with Crippen molar-refractivity contribution >= 4 is 11.0 Å². The molecule has 0 saturated heterocycles. The summed E-state index contributed by atoms with van der Waals surface area (Å²) in [5.41, 5.74) is -0.203. The summed E-state index contributed by atoms with van der Waals surface area (Å²) in [6.07, 6.45) is -4.64. The molecule has 0 unspecified atom stereocenters. The van der Waals surface area contributed by atoms with E-state index in [1.54, 1.807) is 12.1 Å². The molecule has 0 atom stereocenters. The molecule has 18 heavy (non-hydrogen) atoms. The van der Waals surface area contributed by atoms with Crippen molar-refractivity contribution < 1.29 is 33.5 Å². The van der Waals surface area contributed by atoms with Crippen LogP contribution < -0.4 is 18.9 Å². The van der Waals surface area contributed by atoms with Crippen molar-refractivity contribution in [1.29, 1.82) is 10.5 Å². The normalized spacial score (nSPS) is 10.5. The van der Waals surface area contributed by atoms with Crippen molar-refractivity contribution in [1.82, 2.24) is 9.97 Å². The van der Waals surface area contributed by atoms with E-state index in [1.165, 1.54) is 12.1 Å². The third-order valence-electron chi connectivity index (χ3n) is 2.15. The summed E-state index contributed by atoms with van der Waals surface area (Å²) in [5, 5.41) is 17.5. The zero-order chi connectivity index (χ0) is 12.6. The fraction of sp³-hybridized carbons (Fsp3) is 0.100. The molecule has 0 aliphatic rings. The Hall–Kier alpha value is -1.94. The van der Waals surface area contributed by atoms with E-state index in [0.29, 0.717) is 0 Å². The van der Waals surface area contributed by atoms with Gasteiger partial charge in [0, 0.05) is 0 Å². The van der Waals surface area contributed by atoms with Crippen LogP contribution in [0.5, 0.6) is 0 Å².